The van der Waals surface area contributed by atoms with Gasteiger partial charge in [-0.05, 0) is 47.3 Å². The number of morpholine rings is 1. The summed E-state index contributed by atoms with van der Waals surface area (Å²) in [7, 11) is 0. The first-order valence-corrected chi connectivity index (χ1v) is 8.78. The topological polar surface area (TPSA) is 64.3 Å². The second kappa shape index (κ2) is 6.76. The Morgan fingerprint density at radius 1 is 1.00 bits per heavy atom. The highest BCUT2D eigenvalue weighted by molar-refractivity contribution is 7.97. The van der Waals surface area contributed by atoms with E-state index in [1.54, 1.807) is 0 Å². The molecule has 0 aliphatic carbocycles. The Morgan fingerprint density at radius 3 is 2.67 bits per heavy atom. The molecule has 1 saturated heterocycles. The van der Waals surface area contributed by atoms with Crippen molar-refractivity contribution >= 4 is 28.8 Å². The number of fused-ring (bicyclic) bond motifs is 1. The Bertz CT molecular complexity index is 865. The van der Waals surface area contributed by atoms with Gasteiger partial charge in [0.25, 0.3) is 0 Å². The van der Waals surface area contributed by atoms with Crippen molar-refractivity contribution in [2.75, 3.05) is 31.2 Å². The van der Waals surface area contributed by atoms with Crippen LogP contribution in [-0.4, -0.2) is 36.3 Å². The molecule has 24 heavy (non-hydrogen) atoms. The van der Waals surface area contributed by atoms with Crippen LogP contribution in [0.5, 0.6) is 0 Å². The summed E-state index contributed by atoms with van der Waals surface area (Å²) in [4.78, 5) is 12.6. The molecule has 1 aromatic heterocycles. The summed E-state index contributed by atoms with van der Waals surface area (Å²) in [5.41, 5.74) is 4.06. The van der Waals surface area contributed by atoms with Gasteiger partial charge in [-0.15, -0.1) is 0 Å². The zero-order valence-electron chi connectivity index (χ0n) is 13.2. The van der Waals surface area contributed by atoms with Crippen LogP contribution in [-0.2, 0) is 4.74 Å². The van der Waals surface area contributed by atoms with Gasteiger partial charge in [0.2, 0.25) is 0 Å². The maximum absolute atomic E-state index is 5.67. The fourth-order valence-corrected chi connectivity index (χ4v) is 3.23. The van der Waals surface area contributed by atoms with Crippen molar-refractivity contribution in [1.82, 2.24) is 9.97 Å². The molecule has 1 fully saturated rings. The molecule has 5 nitrogen and oxygen atoms in total. The third-order valence-corrected chi connectivity index (χ3v) is 4.69. The molecular weight excluding hydrogens is 320 g/mol. The molecule has 1 aliphatic heterocycles. The van der Waals surface area contributed by atoms with Gasteiger partial charge in [0.15, 0.2) is 0 Å². The third kappa shape index (κ3) is 3.08. The molecule has 3 aromatic rings. The molecular formula is C18H18N4OS. The summed E-state index contributed by atoms with van der Waals surface area (Å²) in [5, 5.41) is 5.67. The largest absolute Gasteiger partial charge is 0.378 e. The second-order valence-corrected chi connectivity index (χ2v) is 6.38. The van der Waals surface area contributed by atoms with Crippen molar-refractivity contribution in [3.05, 3.63) is 48.7 Å². The molecule has 0 amide bonds. The number of hydrogen-bond acceptors (Lipinski definition) is 6. The highest BCUT2D eigenvalue weighted by Gasteiger charge is 2.13. The zero-order chi connectivity index (χ0) is 16.4. The minimum atomic E-state index is 0.739. The lowest BCUT2D eigenvalue weighted by molar-refractivity contribution is 0.122. The number of hydrogen-bond donors (Lipinski definition) is 1. The van der Waals surface area contributed by atoms with Gasteiger partial charge >= 0.3 is 0 Å². The number of anilines is 1. The number of rotatable bonds is 3. The number of benzene rings is 2. The van der Waals surface area contributed by atoms with Crippen LogP contribution >= 0.6 is 11.9 Å². The zero-order valence-corrected chi connectivity index (χ0v) is 14.0. The van der Waals surface area contributed by atoms with Crippen LogP contribution < -0.4 is 10.0 Å². The van der Waals surface area contributed by atoms with Gasteiger partial charge in [0, 0.05) is 18.0 Å². The van der Waals surface area contributed by atoms with Gasteiger partial charge in [-0.25, -0.2) is 4.98 Å². The van der Waals surface area contributed by atoms with Crippen molar-refractivity contribution in [2.45, 2.75) is 4.90 Å². The predicted molar refractivity (Wildman–Crippen MR) is 98.1 cm³/mol. The Morgan fingerprint density at radius 2 is 1.83 bits per heavy atom. The molecule has 2 N–H and O–H groups in total. The Kier molecular flexibility index (Phi) is 4.34. The highest BCUT2D eigenvalue weighted by atomic mass is 32.2. The lowest BCUT2D eigenvalue weighted by Crippen LogP contribution is -2.36. The Labute approximate surface area is 145 Å². The summed E-state index contributed by atoms with van der Waals surface area (Å²) < 4.78 is 5.41. The molecule has 122 valence electrons. The van der Waals surface area contributed by atoms with E-state index in [0.29, 0.717) is 0 Å². The van der Waals surface area contributed by atoms with Crippen LogP contribution in [0.1, 0.15) is 0 Å². The molecule has 6 heteroatoms. The summed E-state index contributed by atoms with van der Waals surface area (Å²) in [6.07, 6.45) is 1.85. The van der Waals surface area contributed by atoms with Crippen molar-refractivity contribution in [3.8, 4) is 11.1 Å². The third-order valence-electron chi connectivity index (χ3n) is 4.17. The fourth-order valence-electron chi connectivity index (χ4n) is 2.88. The van der Waals surface area contributed by atoms with E-state index >= 15 is 0 Å². The highest BCUT2D eigenvalue weighted by Crippen LogP contribution is 2.26. The van der Waals surface area contributed by atoms with Gasteiger partial charge in [-0.3, -0.25) is 10.1 Å². The average Bonchev–Trinajstić information content (AvgIpc) is 2.68. The minimum absolute atomic E-state index is 0.739. The van der Waals surface area contributed by atoms with Gasteiger partial charge in [-0.1, -0.05) is 18.2 Å². The van der Waals surface area contributed by atoms with Crippen LogP contribution in [0.2, 0.25) is 0 Å². The van der Waals surface area contributed by atoms with Crippen LogP contribution in [0.15, 0.2) is 53.6 Å². The number of nitrogens with two attached hydrogens (primary N) is 1. The van der Waals surface area contributed by atoms with E-state index in [-0.39, 0.29) is 0 Å². The molecule has 2 heterocycles. The van der Waals surface area contributed by atoms with Crippen LogP contribution in [0.4, 0.5) is 5.82 Å². The number of nitrogens with zero attached hydrogens (tertiary/aromatic N) is 3. The Balaban J connectivity index is 1.72. The van der Waals surface area contributed by atoms with E-state index in [2.05, 4.69) is 34.1 Å². The van der Waals surface area contributed by atoms with Crippen molar-refractivity contribution in [2.24, 2.45) is 5.14 Å². The summed E-state index contributed by atoms with van der Waals surface area (Å²) in [6, 6.07) is 14.4. The number of aromatic nitrogens is 2. The molecule has 0 atom stereocenters. The number of ether oxygens (including phenoxy) is 1. The molecule has 1 aliphatic rings. The first kappa shape index (κ1) is 15.4. The van der Waals surface area contributed by atoms with E-state index in [0.717, 1.165) is 59.2 Å². The minimum Gasteiger partial charge on any atom is -0.378 e. The van der Waals surface area contributed by atoms with E-state index in [9.17, 15) is 0 Å². The maximum atomic E-state index is 5.67. The van der Waals surface area contributed by atoms with E-state index < -0.39 is 0 Å². The normalized spacial score (nSPS) is 15.0. The van der Waals surface area contributed by atoms with E-state index in [4.69, 9.17) is 14.9 Å². The van der Waals surface area contributed by atoms with Gasteiger partial charge in [0.05, 0.1) is 30.4 Å². The Hall–Kier alpha value is -2.15. The first-order chi connectivity index (χ1) is 11.8. The SMILES string of the molecule is NSc1cccc(-c2ccc3ncc(N4CCOCC4)nc3c2)c1. The summed E-state index contributed by atoms with van der Waals surface area (Å²) >= 11 is 1.26. The maximum Gasteiger partial charge on any atom is 0.148 e. The summed E-state index contributed by atoms with van der Waals surface area (Å²) in [6.45, 7) is 3.19. The van der Waals surface area contributed by atoms with Crippen LogP contribution in [0.3, 0.4) is 0 Å². The first-order valence-electron chi connectivity index (χ1n) is 7.90. The lowest BCUT2D eigenvalue weighted by Gasteiger charge is -2.27. The van der Waals surface area contributed by atoms with Crippen LogP contribution in [0, 0.1) is 0 Å². The lowest BCUT2D eigenvalue weighted by atomic mass is 10.1. The van der Waals surface area contributed by atoms with Crippen molar-refractivity contribution in [1.29, 1.82) is 0 Å². The molecule has 0 unspecified atom stereocenters. The molecule has 0 spiro atoms. The van der Waals surface area contributed by atoms with Crippen LogP contribution in [0.25, 0.3) is 22.2 Å². The van der Waals surface area contributed by atoms with Gasteiger partial charge in [-0.2, -0.15) is 0 Å². The molecule has 0 radical (unpaired) electrons. The molecule has 0 saturated carbocycles. The average molecular weight is 338 g/mol. The molecule has 0 bridgehead atoms. The molecule has 2 aromatic carbocycles. The smallest absolute Gasteiger partial charge is 0.148 e. The summed E-state index contributed by atoms with van der Waals surface area (Å²) in [5.74, 6) is 0.911. The van der Waals surface area contributed by atoms with E-state index in [1.807, 2.05) is 24.4 Å². The van der Waals surface area contributed by atoms with Crippen molar-refractivity contribution in [3.63, 3.8) is 0 Å². The standard InChI is InChI=1S/C18H18N4OS/c19-24-15-3-1-2-13(10-15)14-4-5-16-17(11-14)21-18(12-20-16)22-6-8-23-9-7-22/h1-5,10-12H,6-9,19H2. The van der Waals surface area contributed by atoms with E-state index in [1.165, 1.54) is 11.9 Å². The monoisotopic (exact) mass is 338 g/mol. The second-order valence-electron chi connectivity index (χ2n) is 5.68. The predicted octanol–water partition coefficient (Wildman–Crippen LogP) is 3.10. The van der Waals surface area contributed by atoms with Gasteiger partial charge < -0.3 is 9.64 Å². The quantitative estimate of drug-likeness (QED) is 0.740. The fraction of sp³-hybridized carbons (Fsp3) is 0.222. The molecule has 4 rings (SSSR count). The van der Waals surface area contributed by atoms with Gasteiger partial charge in [0.1, 0.15) is 5.82 Å². The van der Waals surface area contributed by atoms with Crippen molar-refractivity contribution < 1.29 is 4.74 Å².